The molecule has 0 aromatic rings. The smallest absolute Gasteiger partial charge is 0.318 e. The zero-order chi connectivity index (χ0) is 7.56. The summed E-state index contributed by atoms with van der Waals surface area (Å²) in [5, 5.41) is 10.9. The number of nitrogens with zero attached hydrogens (tertiary/aromatic N) is 2. The molecule has 1 heterocycles. The van der Waals surface area contributed by atoms with E-state index in [-0.39, 0.29) is 18.6 Å². The van der Waals surface area contributed by atoms with Gasteiger partial charge in [0, 0.05) is 12.6 Å². The molecule has 1 saturated heterocycles. The third-order valence-electron chi connectivity index (χ3n) is 1.41. The minimum absolute atomic E-state index is 0.131. The lowest BCUT2D eigenvalue weighted by Crippen LogP contribution is -2.28. The Bertz CT molecular complexity index is 184. The third-order valence-corrected chi connectivity index (χ3v) is 1.41. The van der Waals surface area contributed by atoms with E-state index in [2.05, 4.69) is 5.32 Å². The van der Waals surface area contributed by atoms with Crippen LogP contribution in [-0.2, 0) is 0 Å². The van der Waals surface area contributed by atoms with E-state index in [0.29, 0.717) is 6.54 Å². The van der Waals surface area contributed by atoms with Gasteiger partial charge in [0.05, 0.1) is 6.07 Å². The van der Waals surface area contributed by atoms with Gasteiger partial charge in [0.1, 0.15) is 6.54 Å². The van der Waals surface area contributed by atoms with Crippen molar-refractivity contribution >= 4 is 6.03 Å². The maximum Gasteiger partial charge on any atom is 0.318 e. The molecule has 0 aromatic carbocycles. The lowest BCUT2D eigenvalue weighted by Gasteiger charge is -2.06. The molecule has 1 rings (SSSR count). The molecule has 1 atom stereocenters. The number of urea groups is 1. The van der Waals surface area contributed by atoms with Crippen molar-refractivity contribution in [3.8, 4) is 6.07 Å². The summed E-state index contributed by atoms with van der Waals surface area (Å²) >= 11 is 0. The predicted molar refractivity (Wildman–Crippen MR) is 35.2 cm³/mol. The number of amides is 2. The third kappa shape index (κ3) is 1.18. The standard InChI is InChI=1S/C6H9N3O/c1-5-4-9(3-2-7)6(10)8-5/h5H,3-4H2,1H3,(H,8,10). The van der Waals surface area contributed by atoms with Crippen LogP contribution < -0.4 is 5.32 Å². The maximum absolute atomic E-state index is 10.8. The van der Waals surface area contributed by atoms with Crippen molar-refractivity contribution in [1.29, 1.82) is 5.26 Å². The van der Waals surface area contributed by atoms with Gasteiger partial charge in [0.2, 0.25) is 0 Å². The van der Waals surface area contributed by atoms with Gasteiger partial charge in [0.25, 0.3) is 0 Å². The van der Waals surface area contributed by atoms with Crippen LogP contribution in [0.3, 0.4) is 0 Å². The number of nitrogens with one attached hydrogen (secondary N) is 1. The van der Waals surface area contributed by atoms with Crippen LogP contribution in [0.5, 0.6) is 0 Å². The van der Waals surface area contributed by atoms with Crippen molar-refractivity contribution in [2.45, 2.75) is 13.0 Å². The Balaban J connectivity index is 2.48. The Labute approximate surface area is 59.4 Å². The second-order valence-electron chi connectivity index (χ2n) is 2.39. The van der Waals surface area contributed by atoms with Gasteiger partial charge in [-0.05, 0) is 6.92 Å². The maximum atomic E-state index is 10.8. The van der Waals surface area contributed by atoms with E-state index in [1.54, 1.807) is 0 Å². The van der Waals surface area contributed by atoms with Crippen LogP contribution in [0.4, 0.5) is 4.79 Å². The molecule has 4 nitrogen and oxygen atoms in total. The normalized spacial score (nSPS) is 24.2. The van der Waals surface area contributed by atoms with E-state index in [1.165, 1.54) is 4.90 Å². The Kier molecular flexibility index (Phi) is 1.76. The topological polar surface area (TPSA) is 56.1 Å². The molecule has 0 spiro atoms. The summed E-state index contributed by atoms with van der Waals surface area (Å²) in [5.41, 5.74) is 0. The molecule has 0 bridgehead atoms. The molecule has 2 amide bonds. The molecule has 1 aliphatic rings. The number of hydrogen-bond acceptors (Lipinski definition) is 2. The summed E-state index contributed by atoms with van der Waals surface area (Å²) in [6.07, 6.45) is 0. The van der Waals surface area contributed by atoms with Crippen molar-refractivity contribution in [2.75, 3.05) is 13.1 Å². The van der Waals surface area contributed by atoms with E-state index in [4.69, 9.17) is 5.26 Å². The molecule has 0 radical (unpaired) electrons. The first-order valence-electron chi connectivity index (χ1n) is 3.16. The van der Waals surface area contributed by atoms with E-state index in [0.717, 1.165) is 0 Å². The largest absolute Gasteiger partial charge is 0.334 e. The Hall–Kier alpha value is -1.24. The van der Waals surface area contributed by atoms with Crippen LogP contribution >= 0.6 is 0 Å². The van der Waals surface area contributed by atoms with Gasteiger partial charge in [-0.2, -0.15) is 5.26 Å². The predicted octanol–water partition coefficient (Wildman–Crippen LogP) is -0.0763. The Morgan fingerprint density at radius 1 is 2.00 bits per heavy atom. The van der Waals surface area contributed by atoms with E-state index >= 15 is 0 Å². The lowest BCUT2D eigenvalue weighted by atomic mass is 10.4. The monoisotopic (exact) mass is 139 g/mol. The molecule has 1 unspecified atom stereocenters. The summed E-state index contributed by atoms with van der Waals surface area (Å²) in [6.45, 7) is 2.75. The highest BCUT2D eigenvalue weighted by molar-refractivity contribution is 5.77. The van der Waals surface area contributed by atoms with Gasteiger partial charge in [-0.3, -0.25) is 0 Å². The van der Waals surface area contributed by atoms with E-state index in [9.17, 15) is 4.79 Å². The highest BCUT2D eigenvalue weighted by Gasteiger charge is 2.24. The minimum atomic E-state index is -0.131. The Morgan fingerprint density at radius 3 is 3.10 bits per heavy atom. The minimum Gasteiger partial charge on any atom is -0.334 e. The molecule has 0 aliphatic carbocycles. The number of hydrogen-bond donors (Lipinski definition) is 1. The van der Waals surface area contributed by atoms with Gasteiger partial charge in [-0.25, -0.2) is 4.79 Å². The molecular formula is C6H9N3O. The molecular weight excluding hydrogens is 130 g/mol. The first-order chi connectivity index (χ1) is 4.74. The van der Waals surface area contributed by atoms with Gasteiger partial charge < -0.3 is 10.2 Å². The first kappa shape index (κ1) is 6.87. The van der Waals surface area contributed by atoms with Gasteiger partial charge in [-0.1, -0.05) is 0 Å². The van der Waals surface area contributed by atoms with Gasteiger partial charge in [-0.15, -0.1) is 0 Å². The summed E-state index contributed by atoms with van der Waals surface area (Å²) in [4.78, 5) is 12.3. The fourth-order valence-electron chi connectivity index (χ4n) is 0.983. The van der Waals surface area contributed by atoms with Crippen LogP contribution in [0.2, 0.25) is 0 Å². The van der Waals surface area contributed by atoms with Crippen LogP contribution in [0.1, 0.15) is 6.92 Å². The van der Waals surface area contributed by atoms with Gasteiger partial charge in [0.15, 0.2) is 0 Å². The second-order valence-corrected chi connectivity index (χ2v) is 2.39. The SMILES string of the molecule is CC1CN(CC#N)C(=O)N1. The molecule has 10 heavy (non-hydrogen) atoms. The number of rotatable bonds is 1. The van der Waals surface area contributed by atoms with Crippen LogP contribution in [0.15, 0.2) is 0 Å². The lowest BCUT2D eigenvalue weighted by molar-refractivity contribution is 0.222. The van der Waals surface area contributed by atoms with Crippen molar-refractivity contribution < 1.29 is 4.79 Å². The molecule has 1 aliphatic heterocycles. The second kappa shape index (κ2) is 2.56. The van der Waals surface area contributed by atoms with Crippen molar-refractivity contribution in [1.82, 2.24) is 10.2 Å². The fourth-order valence-corrected chi connectivity index (χ4v) is 0.983. The summed E-state index contributed by atoms with van der Waals surface area (Å²) in [5.74, 6) is 0. The van der Waals surface area contributed by atoms with Crippen LogP contribution in [0, 0.1) is 11.3 Å². The molecule has 1 fully saturated rings. The van der Waals surface area contributed by atoms with Crippen LogP contribution in [0.25, 0.3) is 0 Å². The van der Waals surface area contributed by atoms with Crippen molar-refractivity contribution in [3.63, 3.8) is 0 Å². The number of nitriles is 1. The quantitative estimate of drug-likeness (QED) is 0.517. The molecule has 1 N–H and O–H groups in total. The Morgan fingerprint density at radius 2 is 2.70 bits per heavy atom. The van der Waals surface area contributed by atoms with Crippen LogP contribution in [-0.4, -0.2) is 30.1 Å². The number of carbonyl (C=O) groups excluding carboxylic acids is 1. The molecule has 0 saturated carbocycles. The average molecular weight is 139 g/mol. The average Bonchev–Trinajstić information content (AvgIpc) is 2.13. The summed E-state index contributed by atoms with van der Waals surface area (Å²) in [6, 6.07) is 1.98. The molecule has 0 aromatic heterocycles. The highest BCUT2D eigenvalue weighted by Crippen LogP contribution is 2.00. The van der Waals surface area contributed by atoms with Crippen molar-refractivity contribution in [3.05, 3.63) is 0 Å². The highest BCUT2D eigenvalue weighted by atomic mass is 16.2. The van der Waals surface area contributed by atoms with E-state index < -0.39 is 0 Å². The zero-order valence-electron chi connectivity index (χ0n) is 5.79. The first-order valence-corrected chi connectivity index (χ1v) is 3.16. The van der Waals surface area contributed by atoms with E-state index in [1.807, 2.05) is 13.0 Å². The number of carbonyl (C=O) groups is 1. The molecule has 4 heteroatoms. The fraction of sp³-hybridized carbons (Fsp3) is 0.667. The zero-order valence-corrected chi connectivity index (χ0v) is 5.79. The molecule has 54 valence electrons. The van der Waals surface area contributed by atoms with Gasteiger partial charge >= 0.3 is 6.03 Å². The van der Waals surface area contributed by atoms with Crippen molar-refractivity contribution in [2.24, 2.45) is 0 Å². The summed E-state index contributed by atoms with van der Waals surface area (Å²) in [7, 11) is 0. The summed E-state index contributed by atoms with van der Waals surface area (Å²) < 4.78 is 0.